The fourth-order valence-corrected chi connectivity index (χ4v) is 2.27. The Bertz CT molecular complexity index is 146. The van der Waals surface area contributed by atoms with Gasteiger partial charge in [-0.2, -0.15) is 0 Å². The quantitative estimate of drug-likeness (QED) is 0.249. The molecule has 0 amide bonds. The molecule has 0 spiro atoms. The van der Waals surface area contributed by atoms with Crippen LogP contribution in [0.5, 0.6) is 0 Å². The van der Waals surface area contributed by atoms with Crippen molar-refractivity contribution >= 4 is 0 Å². The zero-order valence-corrected chi connectivity index (χ0v) is 12.3. The van der Waals surface area contributed by atoms with Crippen LogP contribution in [0.1, 0.15) is 97.3 Å². The highest BCUT2D eigenvalue weighted by Gasteiger charge is 1.92. The first-order chi connectivity index (χ1) is 8.41. The van der Waals surface area contributed by atoms with Crippen molar-refractivity contribution in [2.75, 3.05) is 0 Å². The van der Waals surface area contributed by atoms with Gasteiger partial charge in [0.1, 0.15) is 0 Å². The van der Waals surface area contributed by atoms with Crippen LogP contribution in [-0.2, 0) is 0 Å². The monoisotopic (exact) mass is 238 g/mol. The maximum Gasteiger partial charge on any atom is -0.0351 e. The van der Waals surface area contributed by atoms with Crippen LogP contribution in [0.3, 0.4) is 0 Å². The van der Waals surface area contributed by atoms with Crippen molar-refractivity contribution in [3.05, 3.63) is 12.2 Å². The third-order valence-corrected chi connectivity index (χ3v) is 3.46. The Morgan fingerprint density at radius 1 is 0.588 bits per heavy atom. The van der Waals surface area contributed by atoms with Crippen LogP contribution in [0.15, 0.2) is 12.2 Å². The molecule has 0 radical (unpaired) electrons. The summed E-state index contributed by atoms with van der Waals surface area (Å²) >= 11 is 0. The molecule has 0 heterocycles. The smallest absolute Gasteiger partial charge is 0.0351 e. The van der Waals surface area contributed by atoms with Gasteiger partial charge in [0.25, 0.3) is 0 Å². The second-order valence-corrected chi connectivity index (χ2v) is 5.25. The fraction of sp³-hybridized carbons (Fsp3) is 0.882. The van der Waals surface area contributed by atoms with Gasteiger partial charge >= 0.3 is 0 Å². The number of rotatable bonds is 13. The Labute approximate surface area is 110 Å². The summed E-state index contributed by atoms with van der Waals surface area (Å²) in [5.74, 6) is 0. The summed E-state index contributed by atoms with van der Waals surface area (Å²) < 4.78 is 0. The minimum Gasteiger partial charge on any atom is -0.0917 e. The average molecular weight is 238 g/mol. The summed E-state index contributed by atoms with van der Waals surface area (Å²) in [6.45, 7) is 4.40. The van der Waals surface area contributed by atoms with Gasteiger partial charge in [-0.25, -0.2) is 0 Å². The predicted molar refractivity (Wildman–Crippen MR) is 80.5 cm³/mol. The second kappa shape index (κ2) is 15.7. The van der Waals surface area contributed by atoms with E-state index < -0.39 is 0 Å². The third kappa shape index (κ3) is 15.7. The second-order valence-electron chi connectivity index (χ2n) is 5.25. The lowest BCUT2D eigenvalue weighted by atomic mass is 10.0. The van der Waals surface area contributed by atoms with E-state index in [2.05, 4.69) is 26.0 Å². The molecule has 0 saturated heterocycles. The van der Waals surface area contributed by atoms with Crippen molar-refractivity contribution in [2.24, 2.45) is 0 Å². The van der Waals surface area contributed by atoms with Gasteiger partial charge in [-0.1, -0.05) is 89.7 Å². The molecule has 17 heavy (non-hydrogen) atoms. The molecule has 0 N–H and O–H groups in total. The zero-order valence-electron chi connectivity index (χ0n) is 12.3. The van der Waals surface area contributed by atoms with Crippen molar-refractivity contribution < 1.29 is 0 Å². The normalized spacial score (nSPS) is 11.4. The summed E-state index contributed by atoms with van der Waals surface area (Å²) in [4.78, 5) is 0. The molecule has 0 aliphatic rings. The van der Waals surface area contributed by atoms with Crippen LogP contribution in [0.4, 0.5) is 0 Å². The van der Waals surface area contributed by atoms with E-state index in [1.807, 2.05) is 0 Å². The molecule has 0 saturated carbocycles. The van der Waals surface area contributed by atoms with Gasteiger partial charge in [-0.3, -0.25) is 0 Å². The van der Waals surface area contributed by atoms with Gasteiger partial charge in [-0.15, -0.1) is 0 Å². The molecular weight excluding hydrogens is 204 g/mol. The molecule has 0 nitrogen and oxygen atoms in total. The van der Waals surface area contributed by atoms with Gasteiger partial charge in [-0.05, 0) is 19.8 Å². The molecule has 0 fully saturated rings. The Hall–Kier alpha value is -0.260. The van der Waals surface area contributed by atoms with E-state index in [0.717, 1.165) is 0 Å². The van der Waals surface area contributed by atoms with Crippen molar-refractivity contribution in [1.82, 2.24) is 0 Å². The molecule has 0 aromatic rings. The molecule has 0 aromatic carbocycles. The van der Waals surface area contributed by atoms with E-state index in [4.69, 9.17) is 0 Å². The van der Waals surface area contributed by atoms with Crippen molar-refractivity contribution in [2.45, 2.75) is 97.3 Å². The lowest BCUT2D eigenvalue weighted by molar-refractivity contribution is 0.545. The molecule has 0 heteroatoms. The minimum absolute atomic E-state index is 1.29. The number of hydrogen-bond acceptors (Lipinski definition) is 0. The van der Waals surface area contributed by atoms with Gasteiger partial charge in [0, 0.05) is 0 Å². The number of hydrogen-bond donors (Lipinski definition) is 0. The minimum atomic E-state index is 1.29. The standard InChI is InChI=1S/C17H34/c1-3-5-7-9-11-13-15-17-16-14-12-10-8-6-4-2/h3,5H,4,6-17H2,1-2H3/b5-3-. The Kier molecular flexibility index (Phi) is 15.5. The van der Waals surface area contributed by atoms with E-state index in [-0.39, 0.29) is 0 Å². The average Bonchev–Trinajstić information content (AvgIpc) is 2.35. The van der Waals surface area contributed by atoms with Crippen LogP contribution in [-0.4, -0.2) is 0 Å². The van der Waals surface area contributed by atoms with E-state index in [1.54, 1.807) is 0 Å². The third-order valence-electron chi connectivity index (χ3n) is 3.46. The number of unbranched alkanes of at least 4 members (excludes halogenated alkanes) is 12. The predicted octanol–water partition coefficient (Wildman–Crippen LogP) is 6.65. The molecule has 102 valence electrons. The van der Waals surface area contributed by atoms with Crippen molar-refractivity contribution in [3.63, 3.8) is 0 Å². The van der Waals surface area contributed by atoms with Crippen LogP contribution in [0.25, 0.3) is 0 Å². The van der Waals surface area contributed by atoms with Crippen LogP contribution >= 0.6 is 0 Å². The van der Waals surface area contributed by atoms with Crippen LogP contribution in [0, 0.1) is 0 Å². The van der Waals surface area contributed by atoms with Gasteiger partial charge in [0.2, 0.25) is 0 Å². The van der Waals surface area contributed by atoms with E-state index in [0.29, 0.717) is 0 Å². The highest BCUT2D eigenvalue weighted by atomic mass is 14.0. The van der Waals surface area contributed by atoms with E-state index in [9.17, 15) is 0 Å². The highest BCUT2D eigenvalue weighted by molar-refractivity contribution is 4.76. The van der Waals surface area contributed by atoms with Gasteiger partial charge in [0.15, 0.2) is 0 Å². The van der Waals surface area contributed by atoms with E-state index >= 15 is 0 Å². The summed E-state index contributed by atoms with van der Waals surface area (Å²) in [5.41, 5.74) is 0. The SMILES string of the molecule is C/C=C\CCCCCCCCCCCCCC. The van der Waals surface area contributed by atoms with Crippen molar-refractivity contribution in [1.29, 1.82) is 0 Å². The summed E-state index contributed by atoms with van der Waals surface area (Å²) in [5, 5.41) is 0. The van der Waals surface area contributed by atoms with Gasteiger partial charge in [0.05, 0.1) is 0 Å². The summed E-state index contributed by atoms with van der Waals surface area (Å²) in [6, 6.07) is 0. The lowest BCUT2D eigenvalue weighted by Crippen LogP contribution is -1.82. The molecule has 0 bridgehead atoms. The largest absolute Gasteiger partial charge is 0.0917 e. The van der Waals surface area contributed by atoms with Crippen molar-refractivity contribution in [3.8, 4) is 0 Å². The molecule has 0 rings (SSSR count). The fourth-order valence-electron chi connectivity index (χ4n) is 2.27. The maximum atomic E-state index is 2.29. The Balaban J connectivity index is 2.89. The zero-order chi connectivity index (χ0) is 12.6. The summed E-state index contributed by atoms with van der Waals surface area (Å²) in [6.07, 6.45) is 23.1. The molecular formula is C17H34. The molecule has 0 unspecified atom stereocenters. The molecule has 0 aliphatic carbocycles. The maximum absolute atomic E-state index is 2.29. The van der Waals surface area contributed by atoms with Crippen LogP contribution in [0.2, 0.25) is 0 Å². The lowest BCUT2D eigenvalue weighted by Gasteiger charge is -2.02. The topological polar surface area (TPSA) is 0 Å². The molecule has 0 aliphatic heterocycles. The molecule has 0 atom stereocenters. The summed E-state index contributed by atoms with van der Waals surface area (Å²) in [7, 11) is 0. The number of allylic oxidation sites excluding steroid dienone is 2. The first-order valence-corrected chi connectivity index (χ1v) is 8.03. The molecule has 0 aromatic heterocycles. The Morgan fingerprint density at radius 2 is 1.00 bits per heavy atom. The van der Waals surface area contributed by atoms with E-state index in [1.165, 1.54) is 83.5 Å². The first-order valence-electron chi connectivity index (χ1n) is 8.03. The highest BCUT2D eigenvalue weighted by Crippen LogP contribution is 2.12. The first kappa shape index (κ1) is 16.7. The van der Waals surface area contributed by atoms with Gasteiger partial charge < -0.3 is 0 Å². The Morgan fingerprint density at radius 3 is 1.41 bits per heavy atom. The van der Waals surface area contributed by atoms with Crippen LogP contribution < -0.4 is 0 Å².